The second-order valence-corrected chi connectivity index (χ2v) is 28.7. The zero-order valence-corrected chi connectivity index (χ0v) is 60.3. The number of rotatable bonds is 39. The molecule has 3 saturated heterocycles. The molecule has 538 valence electrons. The van der Waals surface area contributed by atoms with Gasteiger partial charge >= 0.3 is 12.1 Å². The minimum Gasteiger partial charge on any atom is -0.460 e. The molecule has 1 aromatic carbocycles. The van der Waals surface area contributed by atoms with Crippen LogP contribution in [0.15, 0.2) is 30.5 Å². The first-order chi connectivity index (χ1) is 45.3. The summed E-state index contributed by atoms with van der Waals surface area (Å²) in [6, 6.07) is 4.83. The van der Waals surface area contributed by atoms with Gasteiger partial charge in [-0.25, -0.2) is 9.86 Å². The number of amides is 7. The molecule has 12 atom stereocenters. The monoisotopic (exact) mass is 1350 g/mol. The Morgan fingerprint density at radius 2 is 1.52 bits per heavy atom. The van der Waals surface area contributed by atoms with Gasteiger partial charge in [-0.2, -0.15) is 0 Å². The van der Waals surface area contributed by atoms with Crippen molar-refractivity contribution in [2.45, 2.75) is 234 Å². The molecule has 0 saturated carbocycles. The number of nitrogens with zero attached hydrogens (tertiary/aromatic N) is 5. The number of alkyl carbamates (subject to hydrolysis) is 1. The van der Waals surface area contributed by atoms with Crippen LogP contribution in [0.1, 0.15) is 185 Å². The fourth-order valence-electron chi connectivity index (χ4n) is 13.9. The van der Waals surface area contributed by atoms with E-state index in [0.717, 1.165) is 29.3 Å². The predicted octanol–water partition coefficient (Wildman–Crippen LogP) is 8.19. The molecular formula is C72H114N8O16. The van der Waals surface area contributed by atoms with Crippen molar-refractivity contribution < 1.29 is 76.5 Å². The highest BCUT2D eigenvalue weighted by molar-refractivity contribution is 6.03. The second kappa shape index (κ2) is 37.9. The Morgan fingerprint density at radius 3 is 2.14 bits per heavy atom. The number of aromatic amines is 1. The standard InChI is InChI=1S/C72H114N8O16/c1-17-46(6)66(59(92-15)41-62(86)78-34-25-29-55(78)67(93-16)48(8)56(81)39-50(69(89)80-35-23-24-36-94-80)38-51-42-73-54-28-21-20-27-52(51)54)77(14)70(90)53(44(2)3)40-57(82)65(45(4)5)76(13)32-26-31-63(87)95-49(9)64(75-71(91)96-72(10,11)12)58(83)43-74-60(84)30-19-18-22-33-79-61(85)37-47(7)68(79)88/h20-21,27-28,42,44-50,53,55,59,64-67,73H,17-19,22-26,29-41,43H2,1-16H3,(H,74,84)(H,75,91)/t46-,47?,48-,49+,50+,53-,55-,59+,64-,65-,66-,67+/m0/s1. The van der Waals surface area contributed by atoms with Crippen molar-refractivity contribution in [3.05, 3.63) is 36.0 Å². The number of likely N-dealkylation sites (N-methyl/N-ethyl adjacent to an activating group) is 2. The van der Waals surface area contributed by atoms with E-state index in [9.17, 15) is 52.7 Å². The summed E-state index contributed by atoms with van der Waals surface area (Å²) in [5.41, 5.74) is 0.952. The molecule has 96 heavy (non-hydrogen) atoms. The maximum atomic E-state index is 15.0. The number of ether oxygens (including phenoxy) is 4. The number of H-pyrrole nitrogens is 1. The van der Waals surface area contributed by atoms with E-state index in [1.807, 2.05) is 83.8 Å². The Hall–Kier alpha value is -6.63. The van der Waals surface area contributed by atoms with E-state index in [0.29, 0.717) is 64.6 Å². The van der Waals surface area contributed by atoms with E-state index < -0.39 is 96.1 Å². The number of carbonyl (C=O) groups excluding carboxylic acids is 11. The van der Waals surface area contributed by atoms with Gasteiger partial charge in [-0.15, -0.1) is 0 Å². The van der Waals surface area contributed by atoms with Gasteiger partial charge < -0.3 is 44.4 Å². The van der Waals surface area contributed by atoms with Gasteiger partial charge in [0.05, 0.1) is 55.8 Å². The fourth-order valence-corrected chi connectivity index (χ4v) is 13.9. The summed E-state index contributed by atoms with van der Waals surface area (Å²) in [6.45, 7) is 23.1. The van der Waals surface area contributed by atoms with Crippen LogP contribution in [0.3, 0.4) is 0 Å². The Labute approximate surface area is 569 Å². The molecule has 0 spiro atoms. The van der Waals surface area contributed by atoms with Crippen molar-refractivity contribution in [2.24, 2.45) is 41.4 Å². The Bertz CT molecular complexity index is 2950. The van der Waals surface area contributed by atoms with Gasteiger partial charge in [0.25, 0.3) is 0 Å². The first-order valence-corrected chi connectivity index (χ1v) is 35.0. The van der Waals surface area contributed by atoms with E-state index in [1.165, 1.54) is 24.0 Å². The Morgan fingerprint density at radius 1 is 0.812 bits per heavy atom. The quantitative estimate of drug-likeness (QED) is 0.0323. The number of aromatic nitrogens is 1. The number of imide groups is 1. The summed E-state index contributed by atoms with van der Waals surface area (Å²) >= 11 is 0. The second-order valence-electron chi connectivity index (χ2n) is 28.7. The molecule has 0 bridgehead atoms. The number of benzene rings is 1. The van der Waals surface area contributed by atoms with Crippen LogP contribution in [0.5, 0.6) is 0 Å². The molecule has 3 aliphatic rings. The number of para-hydroxylation sites is 1. The molecule has 1 aromatic heterocycles. The number of esters is 1. The number of hydroxylamine groups is 2. The van der Waals surface area contributed by atoms with Crippen LogP contribution in [0.2, 0.25) is 0 Å². The maximum Gasteiger partial charge on any atom is 0.408 e. The molecule has 1 unspecified atom stereocenters. The van der Waals surface area contributed by atoms with Gasteiger partial charge in [-0.05, 0) is 122 Å². The SMILES string of the molecule is CC[C@H](C)[C@@H]([C@@H](CC(=O)N1CCC[C@H]1[C@H](OC)[C@@H](C)C(=O)C[C@@H](Cc1c[nH]c2ccccc12)C(=O)N1CCCCO1)OC)N(C)C(=O)[C@@H](CC(=O)[C@H](C(C)C)N(C)CCCC(=O)O[C@H](C)[C@H](NC(=O)OC(C)(C)C)C(=O)CNC(=O)CCCCCN1C(=O)CC(C)C1=O)C(C)C. The van der Waals surface area contributed by atoms with Gasteiger partial charge in [0.15, 0.2) is 11.6 Å². The van der Waals surface area contributed by atoms with Gasteiger partial charge in [0, 0.05) is 108 Å². The summed E-state index contributed by atoms with van der Waals surface area (Å²) in [4.78, 5) is 166. The highest BCUT2D eigenvalue weighted by Gasteiger charge is 2.45. The van der Waals surface area contributed by atoms with Crippen LogP contribution in [0.4, 0.5) is 4.79 Å². The van der Waals surface area contributed by atoms with Crippen molar-refractivity contribution in [1.82, 2.24) is 40.3 Å². The lowest BCUT2D eigenvalue weighted by atomic mass is 9.83. The smallest absolute Gasteiger partial charge is 0.408 e. The minimum atomic E-state index is -1.38. The van der Waals surface area contributed by atoms with Gasteiger partial charge in [-0.3, -0.25) is 62.6 Å². The number of carbonyl (C=O) groups is 11. The number of ketones is 3. The number of Topliss-reactive ketones (excluding diaryl/α,β-unsaturated/α-hetero) is 3. The summed E-state index contributed by atoms with van der Waals surface area (Å²) in [5, 5.41) is 7.48. The van der Waals surface area contributed by atoms with E-state index in [1.54, 1.807) is 58.7 Å². The molecule has 24 nitrogen and oxygen atoms in total. The van der Waals surface area contributed by atoms with Gasteiger partial charge in [0.1, 0.15) is 23.5 Å². The summed E-state index contributed by atoms with van der Waals surface area (Å²) in [7, 11) is 6.59. The molecule has 4 heterocycles. The molecule has 2 aromatic rings. The fraction of sp³-hybridized carbons (Fsp3) is 0.736. The lowest BCUT2D eigenvalue weighted by Gasteiger charge is -2.41. The summed E-state index contributed by atoms with van der Waals surface area (Å²) in [5.74, 6) is -6.11. The number of methoxy groups -OCH3 is 2. The van der Waals surface area contributed by atoms with Crippen molar-refractivity contribution in [1.29, 1.82) is 0 Å². The number of hydrogen-bond donors (Lipinski definition) is 3. The Kier molecular flexibility index (Phi) is 31.6. The normalized spacial score (nSPS) is 19.3. The van der Waals surface area contributed by atoms with Crippen LogP contribution in [0.25, 0.3) is 10.9 Å². The highest BCUT2D eigenvalue weighted by Crippen LogP contribution is 2.34. The zero-order chi connectivity index (χ0) is 71.3. The molecule has 3 fully saturated rings. The third kappa shape index (κ3) is 22.7. The summed E-state index contributed by atoms with van der Waals surface area (Å²) < 4.78 is 23.4. The van der Waals surface area contributed by atoms with E-state index >= 15 is 0 Å². The molecule has 3 N–H and O–H groups in total. The Balaban J connectivity index is 1.18. The lowest BCUT2D eigenvalue weighted by molar-refractivity contribution is -0.201. The van der Waals surface area contributed by atoms with Crippen LogP contribution in [0, 0.1) is 41.4 Å². The first kappa shape index (κ1) is 80.1. The van der Waals surface area contributed by atoms with Crippen LogP contribution in [-0.4, -0.2) is 210 Å². The van der Waals surface area contributed by atoms with Crippen molar-refractivity contribution in [3.8, 4) is 0 Å². The topological polar surface area (TPSA) is 290 Å². The minimum absolute atomic E-state index is 0.0414. The van der Waals surface area contributed by atoms with Crippen LogP contribution >= 0.6 is 0 Å². The van der Waals surface area contributed by atoms with E-state index in [2.05, 4.69) is 15.6 Å². The van der Waals surface area contributed by atoms with Gasteiger partial charge in [0.2, 0.25) is 35.4 Å². The van der Waals surface area contributed by atoms with E-state index in [4.69, 9.17) is 23.8 Å². The third-order valence-electron chi connectivity index (χ3n) is 19.4. The number of hydrogen-bond acceptors (Lipinski definition) is 17. The zero-order valence-electron chi connectivity index (χ0n) is 60.3. The molecule has 24 heteroatoms. The molecule has 3 aliphatic heterocycles. The number of unbranched alkanes of at least 4 members (excludes halogenated alkanes) is 2. The molecule has 0 radical (unpaired) electrons. The van der Waals surface area contributed by atoms with Crippen LogP contribution in [-0.2, 0) is 78.2 Å². The van der Waals surface area contributed by atoms with Gasteiger partial charge in [-0.1, -0.05) is 86.4 Å². The first-order valence-electron chi connectivity index (χ1n) is 35.0. The molecule has 5 rings (SSSR count). The summed E-state index contributed by atoms with van der Waals surface area (Å²) in [6.07, 6.45) is 4.10. The molecule has 0 aliphatic carbocycles. The van der Waals surface area contributed by atoms with Crippen LogP contribution < -0.4 is 10.6 Å². The largest absolute Gasteiger partial charge is 0.460 e. The maximum absolute atomic E-state index is 15.0. The molecular weight excluding hydrogens is 1230 g/mol. The number of fused-ring (bicyclic) bond motifs is 1. The van der Waals surface area contributed by atoms with Crippen molar-refractivity contribution in [2.75, 3.05) is 67.6 Å². The van der Waals surface area contributed by atoms with Crippen molar-refractivity contribution in [3.63, 3.8) is 0 Å². The molecule has 7 amide bonds. The number of nitrogens with one attached hydrogen (secondary N) is 3. The predicted molar refractivity (Wildman–Crippen MR) is 362 cm³/mol. The van der Waals surface area contributed by atoms with E-state index in [-0.39, 0.29) is 123 Å². The van der Waals surface area contributed by atoms with Crippen molar-refractivity contribution >= 4 is 75.8 Å². The third-order valence-corrected chi connectivity index (χ3v) is 19.4. The highest BCUT2D eigenvalue weighted by atomic mass is 16.7. The average Bonchev–Trinajstić information content (AvgIpc) is 1.57. The number of likely N-dealkylation sites (tertiary alicyclic amines) is 2. The average molecular weight is 1350 g/mol. The lowest BCUT2D eigenvalue weighted by Crippen LogP contribution is -2.54.